The highest BCUT2D eigenvalue weighted by molar-refractivity contribution is 14.1. The number of fused-ring (bicyclic) bond motifs is 2. The fourth-order valence-electron chi connectivity index (χ4n) is 3.44. The van der Waals surface area contributed by atoms with Crippen LogP contribution in [0.5, 0.6) is 0 Å². The van der Waals surface area contributed by atoms with Gasteiger partial charge in [-0.1, -0.05) is 59.6 Å². The fourth-order valence-corrected chi connectivity index (χ4v) is 7.32. The summed E-state index contributed by atoms with van der Waals surface area (Å²) in [6, 6.07) is 19.7. The average Bonchev–Trinajstić information content (AvgIpc) is 3.49. The topological polar surface area (TPSA) is 115 Å². The van der Waals surface area contributed by atoms with Gasteiger partial charge in [0.15, 0.2) is 5.65 Å². The first kappa shape index (κ1) is 32.0. The van der Waals surface area contributed by atoms with Crippen LogP contribution in [0.25, 0.3) is 22.1 Å². The van der Waals surface area contributed by atoms with E-state index in [4.69, 9.17) is 33.9 Å². The molecular formula is C26H17Cl3I2N4O4S2. The molecule has 0 fully saturated rings. The van der Waals surface area contributed by atoms with Crippen LogP contribution in [-0.2, 0) is 19.1 Å². The summed E-state index contributed by atoms with van der Waals surface area (Å²) in [7, 11) is -2.15. The summed E-state index contributed by atoms with van der Waals surface area (Å²) < 4.78 is 49.6. The van der Waals surface area contributed by atoms with Crippen LogP contribution in [0.2, 0.25) is 10.0 Å². The number of H-pyrrole nitrogens is 1. The molecule has 6 rings (SSSR count). The van der Waals surface area contributed by atoms with Crippen molar-refractivity contribution in [1.82, 2.24) is 18.9 Å². The van der Waals surface area contributed by atoms with Crippen molar-refractivity contribution >= 4 is 120 Å². The van der Waals surface area contributed by atoms with Gasteiger partial charge in [-0.25, -0.2) is 30.8 Å². The molecule has 2 aromatic carbocycles. The number of benzene rings is 2. The van der Waals surface area contributed by atoms with E-state index < -0.39 is 19.1 Å². The van der Waals surface area contributed by atoms with Crippen molar-refractivity contribution in [2.75, 3.05) is 0 Å². The number of nitrogens with zero attached hydrogens (tertiary/aromatic N) is 3. The van der Waals surface area contributed by atoms with Gasteiger partial charge in [0, 0.05) is 53.4 Å². The smallest absolute Gasteiger partial charge is 0.269 e. The van der Waals surface area contributed by atoms with Crippen LogP contribution in [0.1, 0.15) is 0 Å². The molecule has 0 radical (unpaired) electrons. The Kier molecular flexibility index (Phi) is 10.6. The first-order chi connectivity index (χ1) is 19.4. The molecule has 0 saturated carbocycles. The lowest BCUT2D eigenvalue weighted by atomic mass is 10.3. The highest BCUT2D eigenvalue weighted by Crippen LogP contribution is 2.27. The molecule has 8 nitrogen and oxygen atoms in total. The third-order valence-corrected chi connectivity index (χ3v) is 10.5. The van der Waals surface area contributed by atoms with Crippen molar-refractivity contribution in [2.24, 2.45) is 0 Å². The van der Waals surface area contributed by atoms with E-state index in [1.807, 2.05) is 12.3 Å². The molecule has 41 heavy (non-hydrogen) atoms. The molecular weight excluding hydrogens is 857 g/mol. The van der Waals surface area contributed by atoms with Crippen LogP contribution >= 0.6 is 79.1 Å². The summed E-state index contributed by atoms with van der Waals surface area (Å²) in [5.41, 5.74) is 1.27. The maximum Gasteiger partial charge on any atom is 0.269 e. The second kappa shape index (κ2) is 13.6. The average molecular weight is 874 g/mol. The summed E-state index contributed by atoms with van der Waals surface area (Å²) in [4.78, 5) is 11.7. The van der Waals surface area contributed by atoms with Gasteiger partial charge in [-0.2, -0.15) is 0 Å². The SMILES string of the molecule is Clc1cnc2[nH]cc(I)c2c1.O=S(=O)(Cl)c1ccccc1.O=S(=O)(c1ccccc1)n1cc(I)c2cc(Cl)cnc21. The maximum atomic E-state index is 12.6. The zero-order chi connectivity index (χ0) is 29.8. The van der Waals surface area contributed by atoms with Crippen molar-refractivity contribution < 1.29 is 16.8 Å². The minimum absolute atomic E-state index is 0.136. The molecule has 0 saturated heterocycles. The van der Waals surface area contributed by atoms with Crippen molar-refractivity contribution in [2.45, 2.75) is 9.79 Å². The van der Waals surface area contributed by atoms with Crippen LogP contribution in [0.15, 0.2) is 107 Å². The van der Waals surface area contributed by atoms with Crippen LogP contribution in [0.4, 0.5) is 0 Å². The number of hydrogen-bond donors (Lipinski definition) is 1. The summed E-state index contributed by atoms with van der Waals surface area (Å²) in [6.07, 6.45) is 6.54. The molecule has 4 aromatic heterocycles. The zero-order valence-electron chi connectivity index (χ0n) is 20.4. The van der Waals surface area contributed by atoms with E-state index in [1.54, 1.807) is 67.0 Å². The van der Waals surface area contributed by atoms with Gasteiger partial charge in [-0.15, -0.1) is 0 Å². The summed E-state index contributed by atoms with van der Waals surface area (Å²) >= 11 is 16.0. The van der Waals surface area contributed by atoms with Crippen molar-refractivity contribution in [3.8, 4) is 0 Å². The number of hydrogen-bond acceptors (Lipinski definition) is 6. The van der Waals surface area contributed by atoms with E-state index >= 15 is 0 Å². The van der Waals surface area contributed by atoms with Crippen LogP contribution in [0.3, 0.4) is 0 Å². The van der Waals surface area contributed by atoms with Crippen molar-refractivity contribution in [3.05, 3.63) is 115 Å². The first-order valence-corrected chi connectivity index (χ1v) is 17.9. The van der Waals surface area contributed by atoms with Crippen molar-refractivity contribution in [3.63, 3.8) is 0 Å². The first-order valence-electron chi connectivity index (χ1n) is 11.3. The summed E-state index contributed by atoms with van der Waals surface area (Å²) in [6.45, 7) is 0. The molecule has 0 atom stereocenters. The Labute approximate surface area is 277 Å². The molecule has 0 spiro atoms. The maximum absolute atomic E-state index is 12.6. The largest absolute Gasteiger partial charge is 0.345 e. The Hall–Kier alpha value is -1.95. The number of aromatic nitrogens is 4. The second-order valence-electron chi connectivity index (χ2n) is 8.05. The molecule has 0 unspecified atom stereocenters. The van der Waals surface area contributed by atoms with Gasteiger partial charge in [-0.05, 0) is 81.6 Å². The summed E-state index contributed by atoms with van der Waals surface area (Å²) in [5.74, 6) is 0. The minimum atomic E-state index is -3.65. The molecule has 4 heterocycles. The van der Waals surface area contributed by atoms with Gasteiger partial charge >= 0.3 is 0 Å². The van der Waals surface area contributed by atoms with Gasteiger partial charge < -0.3 is 4.98 Å². The molecule has 0 amide bonds. The highest BCUT2D eigenvalue weighted by atomic mass is 127. The molecule has 212 valence electrons. The van der Waals surface area contributed by atoms with Gasteiger partial charge in [0.1, 0.15) is 5.65 Å². The number of pyridine rings is 2. The Balaban J connectivity index is 0.000000156. The minimum Gasteiger partial charge on any atom is -0.345 e. The molecule has 0 bridgehead atoms. The third kappa shape index (κ3) is 7.91. The second-order valence-corrected chi connectivity index (χ2v) is 15.6. The molecule has 0 aliphatic rings. The number of nitrogens with one attached hydrogen (secondary N) is 1. The van der Waals surface area contributed by atoms with E-state index in [2.05, 4.69) is 60.1 Å². The third-order valence-electron chi connectivity index (χ3n) is 5.30. The summed E-state index contributed by atoms with van der Waals surface area (Å²) in [5, 5.41) is 2.95. The lowest BCUT2D eigenvalue weighted by Crippen LogP contribution is -2.12. The van der Waals surface area contributed by atoms with Crippen LogP contribution in [-0.4, -0.2) is 35.8 Å². The Morgan fingerprint density at radius 2 is 1.27 bits per heavy atom. The number of rotatable bonds is 3. The fraction of sp³-hybridized carbons (Fsp3) is 0. The number of aromatic amines is 1. The van der Waals surface area contributed by atoms with Gasteiger partial charge in [0.2, 0.25) is 0 Å². The lowest BCUT2D eigenvalue weighted by Gasteiger charge is -2.06. The monoisotopic (exact) mass is 872 g/mol. The lowest BCUT2D eigenvalue weighted by molar-refractivity contribution is 0.588. The zero-order valence-corrected chi connectivity index (χ0v) is 28.6. The Morgan fingerprint density at radius 1 is 0.732 bits per heavy atom. The van der Waals surface area contributed by atoms with E-state index in [0.29, 0.717) is 15.7 Å². The number of halogens is 5. The van der Waals surface area contributed by atoms with Gasteiger partial charge in [-0.3, -0.25) is 0 Å². The quantitative estimate of drug-likeness (QED) is 0.143. The van der Waals surface area contributed by atoms with E-state index in [0.717, 1.165) is 23.6 Å². The van der Waals surface area contributed by atoms with E-state index in [1.165, 1.54) is 22.3 Å². The molecule has 0 aliphatic heterocycles. The Morgan fingerprint density at radius 3 is 1.83 bits per heavy atom. The van der Waals surface area contributed by atoms with Gasteiger partial charge in [0.25, 0.3) is 19.1 Å². The molecule has 6 aromatic rings. The van der Waals surface area contributed by atoms with Crippen LogP contribution < -0.4 is 0 Å². The van der Waals surface area contributed by atoms with Crippen LogP contribution in [0, 0.1) is 7.14 Å². The van der Waals surface area contributed by atoms with E-state index in [-0.39, 0.29) is 9.79 Å². The highest BCUT2D eigenvalue weighted by Gasteiger charge is 2.21. The van der Waals surface area contributed by atoms with Crippen molar-refractivity contribution in [1.29, 1.82) is 0 Å². The van der Waals surface area contributed by atoms with E-state index in [9.17, 15) is 16.8 Å². The molecule has 1 N–H and O–H groups in total. The molecule has 0 aliphatic carbocycles. The van der Waals surface area contributed by atoms with Gasteiger partial charge in [0.05, 0.1) is 19.8 Å². The standard InChI is InChI=1S/C13H8ClIN2O2S.C7H4ClIN2.C6H5ClO2S/c14-9-6-11-12(15)8-17(13(11)16-7-9)20(18,19)10-4-2-1-3-5-10;8-4-1-5-6(9)3-11-7(5)10-2-4;7-10(8,9)6-4-2-1-3-5-6/h1-8H;1-3H,(H,10,11);1-5H. The Bertz CT molecular complexity index is 2040. The normalized spacial score (nSPS) is 11.4. The molecule has 15 heteroatoms. The predicted molar refractivity (Wildman–Crippen MR) is 180 cm³/mol. The predicted octanol–water partition coefficient (Wildman–Crippen LogP) is 7.97.